The summed E-state index contributed by atoms with van der Waals surface area (Å²) in [6.45, 7) is 1.50. The van der Waals surface area contributed by atoms with E-state index in [2.05, 4.69) is 0 Å². The van der Waals surface area contributed by atoms with E-state index in [0.717, 1.165) is 16.5 Å². The Bertz CT molecular complexity index is 1360. The van der Waals surface area contributed by atoms with Crippen LogP contribution in [0.2, 0.25) is 0 Å². The lowest BCUT2D eigenvalue weighted by Gasteiger charge is -2.39. The lowest BCUT2D eigenvalue weighted by molar-refractivity contribution is -0.193. The summed E-state index contributed by atoms with van der Waals surface area (Å²) < 4.78 is 11.1. The number of fused-ring (bicyclic) bond motifs is 10. The summed E-state index contributed by atoms with van der Waals surface area (Å²) in [6, 6.07) is 0. The summed E-state index contributed by atoms with van der Waals surface area (Å²) in [5, 5.41) is 29.2. The Labute approximate surface area is 295 Å². The van der Waals surface area contributed by atoms with E-state index in [9.17, 15) is 39.0 Å². The number of carbonyl (C=O) groups excluding carboxylic acids is 5. The molecule has 0 aromatic rings. The van der Waals surface area contributed by atoms with Crippen molar-refractivity contribution in [1.29, 1.82) is 0 Å². The van der Waals surface area contributed by atoms with Gasteiger partial charge in [-0.05, 0) is 38.5 Å². The summed E-state index contributed by atoms with van der Waals surface area (Å²) in [5.74, 6) is -3.82. The van der Waals surface area contributed by atoms with Gasteiger partial charge in [0.15, 0.2) is 0 Å². The zero-order valence-electron chi connectivity index (χ0n) is 28.5. The Balaban J connectivity index is 0.000000187. The molecule has 3 N–H and O–H groups in total. The Hall–Kier alpha value is -3.54. The number of unbranched alkanes of at least 4 members (excludes halogenated alkanes) is 4. The van der Waals surface area contributed by atoms with Crippen molar-refractivity contribution in [3.63, 3.8) is 0 Å². The van der Waals surface area contributed by atoms with Crippen LogP contribution in [0.5, 0.6) is 0 Å². The number of aliphatic hydroxyl groups excluding tert-OH is 2. The fraction of sp³-hybridized carbons (Fsp3) is 0.714. The van der Waals surface area contributed by atoms with Crippen LogP contribution in [0.4, 0.5) is 0 Å². The molecule has 4 bridgehead atoms. The van der Waals surface area contributed by atoms with Crippen LogP contribution >= 0.6 is 0 Å². The molecule has 0 aromatic carbocycles. The van der Waals surface area contributed by atoms with Crippen molar-refractivity contribution in [2.75, 3.05) is 39.5 Å². The molecule has 16 heteroatoms. The number of imide groups is 2. The molecule has 0 aromatic heterocycles. The monoisotopic (exact) mass is 717 g/mol. The lowest BCUT2D eigenvalue weighted by Crippen LogP contribution is -2.46. The van der Waals surface area contributed by atoms with Crippen molar-refractivity contribution in [2.45, 2.75) is 88.6 Å². The van der Waals surface area contributed by atoms with Gasteiger partial charge in [-0.3, -0.25) is 38.4 Å². The normalized spacial score (nSPS) is 32.2. The number of hydroxylamine groups is 4. The van der Waals surface area contributed by atoms with Crippen molar-refractivity contribution in [3.05, 3.63) is 24.3 Å². The first-order valence-corrected chi connectivity index (χ1v) is 18.0. The van der Waals surface area contributed by atoms with Crippen molar-refractivity contribution in [1.82, 2.24) is 15.0 Å². The number of hydrogen-bond donors (Lipinski definition) is 3. The number of aliphatic carboxylic acids is 1. The minimum atomic E-state index is -0.823. The second kappa shape index (κ2) is 16.0. The van der Waals surface area contributed by atoms with Crippen molar-refractivity contribution in [2.24, 2.45) is 29.1 Å². The van der Waals surface area contributed by atoms with Crippen LogP contribution in [0.1, 0.15) is 64.2 Å². The SMILES string of the molecule is O=C(CCCCCON1C(=O)C2C3C=CC(O3)C2C1=O)N1CCC(CO)(CO)CC1.O=C(O)CCCCCON1C(=O)C2C3C=CC(O3)C2C1=O. The van der Waals surface area contributed by atoms with E-state index in [-0.39, 0.29) is 86.8 Å². The molecule has 0 saturated carbocycles. The summed E-state index contributed by atoms with van der Waals surface area (Å²) in [7, 11) is 0. The van der Waals surface area contributed by atoms with E-state index in [1.807, 2.05) is 24.3 Å². The van der Waals surface area contributed by atoms with Gasteiger partial charge in [-0.1, -0.05) is 37.1 Å². The largest absolute Gasteiger partial charge is 0.481 e. The minimum Gasteiger partial charge on any atom is -0.481 e. The number of carboxylic acids is 1. The number of rotatable bonds is 16. The molecule has 51 heavy (non-hydrogen) atoms. The van der Waals surface area contributed by atoms with E-state index in [1.165, 1.54) is 0 Å². The maximum absolute atomic E-state index is 12.4. The second-order valence-corrected chi connectivity index (χ2v) is 14.3. The highest BCUT2D eigenvalue weighted by atomic mass is 16.7. The van der Waals surface area contributed by atoms with E-state index < -0.39 is 35.1 Å². The third-order valence-corrected chi connectivity index (χ3v) is 11.1. The predicted octanol–water partition coefficient (Wildman–Crippen LogP) is 0.512. The smallest absolute Gasteiger partial charge is 0.303 e. The first-order chi connectivity index (χ1) is 24.6. The van der Waals surface area contributed by atoms with Gasteiger partial charge in [-0.2, -0.15) is 10.1 Å². The molecule has 0 spiro atoms. The van der Waals surface area contributed by atoms with Crippen LogP contribution in [0.25, 0.3) is 0 Å². The summed E-state index contributed by atoms with van der Waals surface area (Å²) in [4.78, 5) is 84.5. The molecule has 16 nitrogen and oxygen atoms in total. The molecule has 7 rings (SSSR count). The van der Waals surface area contributed by atoms with Gasteiger partial charge in [-0.15, -0.1) is 0 Å². The molecular weight excluding hydrogens is 670 g/mol. The van der Waals surface area contributed by atoms with Gasteiger partial charge in [0.05, 0.1) is 74.5 Å². The average Bonchev–Trinajstić information content (AvgIpc) is 3.99. The van der Waals surface area contributed by atoms with Gasteiger partial charge < -0.3 is 29.7 Å². The van der Waals surface area contributed by atoms with Crippen molar-refractivity contribution >= 4 is 35.5 Å². The number of ether oxygens (including phenoxy) is 2. The number of likely N-dealkylation sites (tertiary alicyclic amines) is 1. The Kier molecular flexibility index (Phi) is 11.7. The topological polar surface area (TPSA) is 210 Å². The van der Waals surface area contributed by atoms with Gasteiger partial charge in [0.1, 0.15) is 0 Å². The molecule has 5 amide bonds. The highest BCUT2D eigenvalue weighted by Gasteiger charge is 2.62. The fourth-order valence-corrected chi connectivity index (χ4v) is 7.98. The van der Waals surface area contributed by atoms with Gasteiger partial charge in [0, 0.05) is 31.3 Å². The number of nitrogens with zero attached hydrogens (tertiary/aromatic N) is 3. The third-order valence-electron chi connectivity index (χ3n) is 11.1. The van der Waals surface area contributed by atoms with Crippen LogP contribution in [0.15, 0.2) is 24.3 Å². The maximum Gasteiger partial charge on any atom is 0.303 e. The van der Waals surface area contributed by atoms with E-state index >= 15 is 0 Å². The van der Waals surface area contributed by atoms with Gasteiger partial charge in [0.25, 0.3) is 23.6 Å². The van der Waals surface area contributed by atoms with Crippen LogP contribution in [-0.2, 0) is 47.9 Å². The Morgan fingerprint density at radius 2 is 1.04 bits per heavy atom. The molecule has 8 atom stereocenters. The first-order valence-electron chi connectivity index (χ1n) is 18.0. The predicted molar refractivity (Wildman–Crippen MR) is 172 cm³/mol. The minimum absolute atomic E-state index is 0.0557. The van der Waals surface area contributed by atoms with Gasteiger partial charge in [-0.25, -0.2) is 0 Å². The molecule has 0 aliphatic carbocycles. The molecule has 0 radical (unpaired) electrons. The average molecular weight is 718 g/mol. The molecule has 7 aliphatic heterocycles. The number of carboxylic acid groups (broad SMARTS) is 1. The molecule has 7 aliphatic rings. The first kappa shape index (κ1) is 37.2. The molecule has 7 heterocycles. The van der Waals surface area contributed by atoms with Crippen LogP contribution in [0, 0.1) is 29.1 Å². The second-order valence-electron chi connectivity index (χ2n) is 14.3. The van der Waals surface area contributed by atoms with E-state index in [0.29, 0.717) is 64.5 Å². The molecule has 5 saturated heterocycles. The maximum atomic E-state index is 12.4. The Morgan fingerprint density at radius 3 is 1.41 bits per heavy atom. The number of piperidine rings is 1. The highest BCUT2D eigenvalue weighted by molar-refractivity contribution is 6.06. The molecule has 280 valence electrons. The third kappa shape index (κ3) is 7.53. The number of carbonyl (C=O) groups is 6. The highest BCUT2D eigenvalue weighted by Crippen LogP contribution is 2.46. The zero-order valence-corrected chi connectivity index (χ0v) is 28.5. The summed E-state index contributed by atoms with van der Waals surface area (Å²) in [6.07, 6.45) is 11.9. The lowest BCUT2D eigenvalue weighted by atomic mass is 9.80. The van der Waals surface area contributed by atoms with E-state index in [1.54, 1.807) is 4.90 Å². The number of hydrogen-bond acceptors (Lipinski definition) is 12. The zero-order chi connectivity index (χ0) is 36.3. The van der Waals surface area contributed by atoms with Crippen LogP contribution in [0.3, 0.4) is 0 Å². The van der Waals surface area contributed by atoms with Crippen molar-refractivity contribution in [3.8, 4) is 0 Å². The standard InChI is InChI=1S/C21H30N2O7.C14H17NO6/c24-12-21(13-25)7-9-22(10-8-21)16(26)4-2-1-3-11-29-23-19(27)17-14-5-6-15(30-14)18(17)20(23)28;16-10(17)4-2-1-3-7-20-15-13(18)11-8-5-6-9(21-8)12(11)14(15)19/h5-6,14-15,17-18,24-25H,1-4,7-13H2;5-6,8-9,11-12H,1-4,7H2,(H,16,17). The Morgan fingerprint density at radius 1 is 0.647 bits per heavy atom. The fourth-order valence-electron chi connectivity index (χ4n) is 7.98. The summed E-state index contributed by atoms with van der Waals surface area (Å²) >= 11 is 0. The number of aliphatic hydroxyl groups is 2. The number of amides is 5. The molecular formula is C35H47N3O13. The van der Waals surface area contributed by atoms with Crippen LogP contribution in [-0.4, -0.2) is 130 Å². The molecule has 8 unspecified atom stereocenters. The van der Waals surface area contributed by atoms with E-state index in [4.69, 9.17) is 24.3 Å². The summed E-state index contributed by atoms with van der Waals surface area (Å²) in [5.41, 5.74) is -0.460. The quantitative estimate of drug-likeness (QED) is 0.113. The van der Waals surface area contributed by atoms with Gasteiger partial charge in [0.2, 0.25) is 5.91 Å². The van der Waals surface area contributed by atoms with Crippen LogP contribution < -0.4 is 0 Å². The molecule has 5 fully saturated rings. The van der Waals surface area contributed by atoms with Crippen molar-refractivity contribution < 1.29 is 63.2 Å². The van der Waals surface area contributed by atoms with Gasteiger partial charge >= 0.3 is 5.97 Å².